The minimum absolute atomic E-state index is 0.0588. The topological polar surface area (TPSA) is 49.4 Å². The zero-order chi connectivity index (χ0) is 14.5. The third kappa shape index (κ3) is 3.60. The van der Waals surface area contributed by atoms with E-state index in [0.29, 0.717) is 18.5 Å². The van der Waals surface area contributed by atoms with Gasteiger partial charge in [-0.3, -0.25) is 9.59 Å². The molecule has 2 amide bonds. The zero-order valence-corrected chi connectivity index (χ0v) is 13.2. The molecule has 1 aliphatic heterocycles. The van der Waals surface area contributed by atoms with Gasteiger partial charge in [-0.25, -0.2) is 0 Å². The number of nitrogens with one attached hydrogen (secondary N) is 1. The van der Waals surface area contributed by atoms with Gasteiger partial charge in [0.2, 0.25) is 5.91 Å². The van der Waals surface area contributed by atoms with E-state index < -0.39 is 0 Å². The fourth-order valence-corrected chi connectivity index (χ4v) is 2.73. The Morgan fingerprint density at radius 2 is 2.25 bits per heavy atom. The number of halogens is 1. The summed E-state index contributed by atoms with van der Waals surface area (Å²) in [4.78, 5) is 25.4. The molecule has 0 atom stereocenters. The van der Waals surface area contributed by atoms with Crippen molar-refractivity contribution < 1.29 is 9.59 Å². The Morgan fingerprint density at radius 1 is 1.45 bits per heavy atom. The first-order valence-corrected chi connectivity index (χ1v) is 7.70. The summed E-state index contributed by atoms with van der Waals surface area (Å²) >= 11 is 3.42. The van der Waals surface area contributed by atoms with Crippen LogP contribution in [0.2, 0.25) is 0 Å². The highest BCUT2D eigenvalue weighted by atomic mass is 79.9. The lowest BCUT2D eigenvalue weighted by Crippen LogP contribution is -2.30. The lowest BCUT2D eigenvalue weighted by Gasteiger charge is -2.15. The minimum atomic E-state index is -0.0588. The molecule has 1 aromatic rings. The van der Waals surface area contributed by atoms with E-state index in [-0.39, 0.29) is 11.8 Å². The smallest absolute Gasteiger partial charge is 0.251 e. The Morgan fingerprint density at radius 3 is 2.95 bits per heavy atom. The van der Waals surface area contributed by atoms with Gasteiger partial charge in [0.05, 0.1) is 0 Å². The van der Waals surface area contributed by atoms with Crippen molar-refractivity contribution in [3.63, 3.8) is 0 Å². The molecule has 0 saturated carbocycles. The Kier molecular flexibility index (Phi) is 5.17. The van der Waals surface area contributed by atoms with E-state index in [4.69, 9.17) is 0 Å². The van der Waals surface area contributed by atoms with Crippen molar-refractivity contribution >= 4 is 27.7 Å². The van der Waals surface area contributed by atoms with Crippen molar-refractivity contribution in [3.05, 3.63) is 33.8 Å². The molecule has 20 heavy (non-hydrogen) atoms. The SMILES string of the molecule is Cc1c(Br)cccc1C(=O)NCCCN1CCCC1=O. The van der Waals surface area contributed by atoms with Crippen LogP contribution in [0.3, 0.4) is 0 Å². The zero-order valence-electron chi connectivity index (χ0n) is 11.6. The van der Waals surface area contributed by atoms with Crippen molar-refractivity contribution in [2.45, 2.75) is 26.2 Å². The molecular weight excluding hydrogens is 320 g/mol. The summed E-state index contributed by atoms with van der Waals surface area (Å²) in [7, 11) is 0. The number of benzene rings is 1. The number of hydrogen-bond donors (Lipinski definition) is 1. The van der Waals surface area contributed by atoms with Crippen LogP contribution in [0.15, 0.2) is 22.7 Å². The molecule has 108 valence electrons. The molecule has 0 radical (unpaired) electrons. The van der Waals surface area contributed by atoms with E-state index in [1.54, 1.807) is 0 Å². The van der Waals surface area contributed by atoms with Gasteiger partial charge in [0, 0.05) is 36.1 Å². The molecule has 1 fully saturated rings. The molecule has 1 aliphatic rings. The molecule has 0 unspecified atom stereocenters. The van der Waals surface area contributed by atoms with Crippen LogP contribution in [0.1, 0.15) is 35.2 Å². The lowest BCUT2D eigenvalue weighted by atomic mass is 10.1. The molecule has 0 spiro atoms. The Hall–Kier alpha value is -1.36. The molecule has 2 rings (SSSR count). The first kappa shape index (κ1) is 15.0. The predicted octanol–water partition coefficient (Wildman–Crippen LogP) is 2.50. The minimum Gasteiger partial charge on any atom is -0.352 e. The number of rotatable bonds is 5. The van der Waals surface area contributed by atoms with Crippen LogP contribution < -0.4 is 5.32 Å². The average molecular weight is 339 g/mol. The summed E-state index contributed by atoms with van der Waals surface area (Å²) in [6.07, 6.45) is 2.43. The molecule has 1 N–H and O–H groups in total. The van der Waals surface area contributed by atoms with Gasteiger partial charge in [0.15, 0.2) is 0 Å². The molecule has 0 aliphatic carbocycles. The lowest BCUT2D eigenvalue weighted by molar-refractivity contribution is -0.127. The van der Waals surface area contributed by atoms with Crippen LogP contribution in [0.4, 0.5) is 0 Å². The Labute approximate surface area is 127 Å². The van der Waals surface area contributed by atoms with Gasteiger partial charge in [-0.1, -0.05) is 22.0 Å². The summed E-state index contributed by atoms with van der Waals surface area (Å²) in [5.41, 5.74) is 1.64. The Bertz CT molecular complexity index is 517. The number of carbonyl (C=O) groups is 2. The first-order valence-electron chi connectivity index (χ1n) is 6.90. The average Bonchev–Trinajstić information content (AvgIpc) is 2.83. The third-order valence-corrected chi connectivity index (χ3v) is 4.43. The maximum atomic E-state index is 12.1. The number of carbonyl (C=O) groups excluding carboxylic acids is 2. The standard InChI is InChI=1S/C15H19BrN2O2/c1-11-12(5-2-6-13(11)16)15(20)17-8-4-10-18-9-3-7-14(18)19/h2,5-6H,3-4,7-10H2,1H3,(H,17,20). The quantitative estimate of drug-likeness (QED) is 0.838. The van der Waals surface area contributed by atoms with E-state index in [9.17, 15) is 9.59 Å². The highest BCUT2D eigenvalue weighted by molar-refractivity contribution is 9.10. The Balaban J connectivity index is 1.78. The van der Waals surface area contributed by atoms with Crippen molar-refractivity contribution in [2.24, 2.45) is 0 Å². The van der Waals surface area contributed by atoms with Crippen LogP contribution in [0, 0.1) is 6.92 Å². The molecule has 0 aromatic heterocycles. The number of likely N-dealkylation sites (tertiary alicyclic amines) is 1. The molecule has 0 bridgehead atoms. The monoisotopic (exact) mass is 338 g/mol. The van der Waals surface area contributed by atoms with Gasteiger partial charge in [-0.2, -0.15) is 0 Å². The number of nitrogens with zero attached hydrogens (tertiary/aromatic N) is 1. The highest BCUT2D eigenvalue weighted by Gasteiger charge is 2.19. The second-order valence-electron chi connectivity index (χ2n) is 5.01. The van der Waals surface area contributed by atoms with Crippen LogP contribution in [0.5, 0.6) is 0 Å². The van der Waals surface area contributed by atoms with Crippen LogP contribution in [-0.4, -0.2) is 36.3 Å². The first-order chi connectivity index (χ1) is 9.59. The van der Waals surface area contributed by atoms with Gasteiger partial charge < -0.3 is 10.2 Å². The third-order valence-electron chi connectivity index (χ3n) is 3.57. The van der Waals surface area contributed by atoms with Crippen LogP contribution in [-0.2, 0) is 4.79 Å². The van der Waals surface area contributed by atoms with Crippen molar-refractivity contribution in [2.75, 3.05) is 19.6 Å². The fourth-order valence-electron chi connectivity index (χ4n) is 2.36. The van der Waals surface area contributed by atoms with E-state index in [1.807, 2.05) is 30.0 Å². The molecular formula is C15H19BrN2O2. The van der Waals surface area contributed by atoms with Gasteiger partial charge in [0.25, 0.3) is 5.91 Å². The number of hydrogen-bond acceptors (Lipinski definition) is 2. The number of amides is 2. The summed E-state index contributed by atoms with van der Waals surface area (Å²) in [5, 5.41) is 2.91. The second kappa shape index (κ2) is 6.88. The molecule has 1 heterocycles. The molecule has 5 heteroatoms. The normalized spacial score (nSPS) is 14.7. The summed E-state index contributed by atoms with van der Waals surface area (Å²) < 4.78 is 0.938. The maximum Gasteiger partial charge on any atom is 0.251 e. The van der Waals surface area contributed by atoms with E-state index in [0.717, 1.165) is 36.0 Å². The molecule has 1 aromatic carbocycles. The van der Waals surface area contributed by atoms with Gasteiger partial charge >= 0.3 is 0 Å². The highest BCUT2D eigenvalue weighted by Crippen LogP contribution is 2.19. The van der Waals surface area contributed by atoms with Crippen molar-refractivity contribution in [1.29, 1.82) is 0 Å². The van der Waals surface area contributed by atoms with E-state index in [2.05, 4.69) is 21.2 Å². The summed E-state index contributed by atoms with van der Waals surface area (Å²) in [6, 6.07) is 5.60. The van der Waals surface area contributed by atoms with Gasteiger partial charge in [-0.05, 0) is 37.5 Å². The van der Waals surface area contributed by atoms with Gasteiger partial charge in [-0.15, -0.1) is 0 Å². The van der Waals surface area contributed by atoms with E-state index in [1.165, 1.54) is 0 Å². The van der Waals surface area contributed by atoms with Crippen LogP contribution in [0.25, 0.3) is 0 Å². The van der Waals surface area contributed by atoms with E-state index >= 15 is 0 Å². The van der Waals surface area contributed by atoms with Crippen LogP contribution >= 0.6 is 15.9 Å². The maximum absolute atomic E-state index is 12.1. The second-order valence-corrected chi connectivity index (χ2v) is 5.86. The predicted molar refractivity (Wildman–Crippen MR) is 81.6 cm³/mol. The van der Waals surface area contributed by atoms with Crippen molar-refractivity contribution in [3.8, 4) is 0 Å². The summed E-state index contributed by atoms with van der Waals surface area (Å²) in [6.45, 7) is 4.10. The fraction of sp³-hybridized carbons (Fsp3) is 0.467. The molecule has 4 nitrogen and oxygen atoms in total. The van der Waals surface area contributed by atoms with Gasteiger partial charge in [0.1, 0.15) is 0 Å². The van der Waals surface area contributed by atoms with Crippen molar-refractivity contribution in [1.82, 2.24) is 10.2 Å². The molecule has 1 saturated heterocycles. The largest absolute Gasteiger partial charge is 0.352 e. The summed E-state index contributed by atoms with van der Waals surface area (Å²) in [5.74, 6) is 0.177.